The monoisotopic (exact) mass is 228 g/mol. The maximum Gasteiger partial charge on any atom is 0.00897 e. The highest BCUT2D eigenvalue weighted by atomic mass is 15.2. The molecule has 0 spiro atoms. The Labute approximate surface area is 103 Å². The highest BCUT2D eigenvalue weighted by molar-refractivity contribution is 4.73. The van der Waals surface area contributed by atoms with E-state index in [2.05, 4.69) is 58.8 Å². The standard InChI is InChI=1S/C14H32N2/c1-11(2)10-15-9-8-13(5)16(7)14(6)12(3)4/h11-15H,8-10H2,1-7H3. The normalized spacial score (nSPS) is 16.1. The second-order valence-electron chi connectivity index (χ2n) is 5.89. The van der Waals surface area contributed by atoms with Crippen LogP contribution in [-0.4, -0.2) is 37.1 Å². The quantitative estimate of drug-likeness (QED) is 0.643. The van der Waals surface area contributed by atoms with Gasteiger partial charge in [0.25, 0.3) is 0 Å². The first kappa shape index (κ1) is 15.9. The molecule has 0 aliphatic rings. The Morgan fingerprint density at radius 2 is 1.56 bits per heavy atom. The summed E-state index contributed by atoms with van der Waals surface area (Å²) < 4.78 is 0. The fraction of sp³-hybridized carbons (Fsp3) is 1.00. The van der Waals surface area contributed by atoms with Crippen LogP contribution in [0.2, 0.25) is 0 Å². The van der Waals surface area contributed by atoms with Crippen molar-refractivity contribution < 1.29 is 0 Å². The van der Waals surface area contributed by atoms with Crippen LogP contribution in [0.5, 0.6) is 0 Å². The van der Waals surface area contributed by atoms with E-state index in [1.165, 1.54) is 6.42 Å². The van der Waals surface area contributed by atoms with Gasteiger partial charge in [-0.15, -0.1) is 0 Å². The lowest BCUT2D eigenvalue weighted by molar-refractivity contribution is 0.151. The smallest absolute Gasteiger partial charge is 0.00897 e. The van der Waals surface area contributed by atoms with E-state index in [0.717, 1.165) is 24.9 Å². The molecule has 2 atom stereocenters. The van der Waals surface area contributed by atoms with E-state index in [1.807, 2.05) is 0 Å². The van der Waals surface area contributed by atoms with Gasteiger partial charge in [0.2, 0.25) is 0 Å². The van der Waals surface area contributed by atoms with Crippen LogP contribution >= 0.6 is 0 Å². The molecule has 0 aromatic rings. The van der Waals surface area contributed by atoms with E-state index in [0.29, 0.717) is 12.1 Å². The minimum absolute atomic E-state index is 0.664. The summed E-state index contributed by atoms with van der Waals surface area (Å²) in [6, 6.07) is 1.33. The molecule has 2 heteroatoms. The van der Waals surface area contributed by atoms with Crippen molar-refractivity contribution in [1.82, 2.24) is 10.2 Å². The third-order valence-electron chi connectivity index (χ3n) is 3.59. The van der Waals surface area contributed by atoms with Crippen LogP contribution < -0.4 is 5.32 Å². The highest BCUT2D eigenvalue weighted by Gasteiger charge is 2.17. The van der Waals surface area contributed by atoms with E-state index in [9.17, 15) is 0 Å². The largest absolute Gasteiger partial charge is 0.316 e. The summed E-state index contributed by atoms with van der Waals surface area (Å²) in [7, 11) is 2.25. The molecule has 0 heterocycles. The molecule has 0 saturated heterocycles. The highest BCUT2D eigenvalue weighted by Crippen LogP contribution is 2.12. The molecule has 0 radical (unpaired) electrons. The predicted molar refractivity (Wildman–Crippen MR) is 73.8 cm³/mol. The summed E-state index contributed by atoms with van der Waals surface area (Å²) in [6.45, 7) is 16.0. The molecule has 0 aliphatic carbocycles. The van der Waals surface area contributed by atoms with Crippen molar-refractivity contribution in [3.05, 3.63) is 0 Å². The van der Waals surface area contributed by atoms with Crippen LogP contribution in [0, 0.1) is 11.8 Å². The molecule has 2 unspecified atom stereocenters. The van der Waals surface area contributed by atoms with Crippen molar-refractivity contribution in [2.24, 2.45) is 11.8 Å². The molecule has 2 nitrogen and oxygen atoms in total. The molecule has 0 fully saturated rings. The Morgan fingerprint density at radius 1 is 1.00 bits per heavy atom. The van der Waals surface area contributed by atoms with Crippen molar-refractivity contribution in [3.63, 3.8) is 0 Å². The molecular formula is C14H32N2. The summed E-state index contributed by atoms with van der Waals surface area (Å²) in [5, 5.41) is 3.51. The molecule has 0 amide bonds. The number of nitrogens with one attached hydrogen (secondary N) is 1. The zero-order chi connectivity index (χ0) is 12.7. The van der Waals surface area contributed by atoms with Gasteiger partial charge in [-0.3, -0.25) is 0 Å². The van der Waals surface area contributed by atoms with Gasteiger partial charge in [0.1, 0.15) is 0 Å². The van der Waals surface area contributed by atoms with Gasteiger partial charge in [-0.1, -0.05) is 27.7 Å². The van der Waals surface area contributed by atoms with Gasteiger partial charge in [0.05, 0.1) is 0 Å². The zero-order valence-corrected chi connectivity index (χ0v) is 12.4. The summed E-state index contributed by atoms with van der Waals surface area (Å²) in [4.78, 5) is 2.50. The van der Waals surface area contributed by atoms with Crippen LogP contribution in [-0.2, 0) is 0 Å². The SMILES string of the molecule is CC(C)CNCCC(C)N(C)C(C)C(C)C. The minimum atomic E-state index is 0.664. The minimum Gasteiger partial charge on any atom is -0.316 e. The first-order chi connectivity index (χ1) is 7.36. The summed E-state index contributed by atoms with van der Waals surface area (Å²) in [5.74, 6) is 1.48. The molecule has 0 aliphatic heterocycles. The van der Waals surface area contributed by atoms with Gasteiger partial charge >= 0.3 is 0 Å². The van der Waals surface area contributed by atoms with Gasteiger partial charge in [0.15, 0.2) is 0 Å². The van der Waals surface area contributed by atoms with E-state index in [1.54, 1.807) is 0 Å². The molecule has 1 N–H and O–H groups in total. The van der Waals surface area contributed by atoms with Crippen LogP contribution in [0.1, 0.15) is 48.0 Å². The van der Waals surface area contributed by atoms with Crippen molar-refractivity contribution in [1.29, 1.82) is 0 Å². The van der Waals surface area contributed by atoms with Crippen molar-refractivity contribution in [2.75, 3.05) is 20.1 Å². The maximum absolute atomic E-state index is 3.51. The number of nitrogens with zero attached hydrogens (tertiary/aromatic N) is 1. The van der Waals surface area contributed by atoms with E-state index < -0.39 is 0 Å². The van der Waals surface area contributed by atoms with Gasteiger partial charge < -0.3 is 10.2 Å². The number of rotatable bonds is 8. The van der Waals surface area contributed by atoms with Crippen molar-refractivity contribution >= 4 is 0 Å². The molecule has 0 saturated carbocycles. The molecule has 0 bridgehead atoms. The van der Waals surface area contributed by atoms with Crippen LogP contribution in [0.25, 0.3) is 0 Å². The predicted octanol–water partition coefficient (Wildman–Crippen LogP) is 2.99. The van der Waals surface area contributed by atoms with E-state index >= 15 is 0 Å². The molecule has 0 rings (SSSR count). The molecule has 0 aromatic heterocycles. The Balaban J connectivity index is 3.75. The van der Waals surface area contributed by atoms with Gasteiger partial charge in [-0.2, -0.15) is 0 Å². The Morgan fingerprint density at radius 3 is 2.00 bits per heavy atom. The average molecular weight is 228 g/mol. The second kappa shape index (κ2) is 8.08. The lowest BCUT2D eigenvalue weighted by atomic mass is 10.0. The lowest BCUT2D eigenvalue weighted by Gasteiger charge is -2.33. The molecule has 98 valence electrons. The van der Waals surface area contributed by atoms with Gasteiger partial charge in [-0.05, 0) is 52.2 Å². The van der Waals surface area contributed by atoms with E-state index in [4.69, 9.17) is 0 Å². The van der Waals surface area contributed by atoms with Crippen molar-refractivity contribution in [3.8, 4) is 0 Å². The first-order valence-electron chi connectivity index (χ1n) is 6.78. The zero-order valence-electron chi connectivity index (χ0n) is 12.4. The molecular weight excluding hydrogens is 196 g/mol. The van der Waals surface area contributed by atoms with Gasteiger partial charge in [-0.25, -0.2) is 0 Å². The van der Waals surface area contributed by atoms with E-state index in [-0.39, 0.29) is 0 Å². The fourth-order valence-corrected chi connectivity index (χ4v) is 1.78. The second-order valence-corrected chi connectivity index (χ2v) is 5.89. The maximum atomic E-state index is 3.51. The Kier molecular flexibility index (Phi) is 8.04. The molecule has 0 aromatic carbocycles. The summed E-state index contributed by atoms with van der Waals surface area (Å²) in [6.07, 6.45) is 1.24. The third kappa shape index (κ3) is 6.49. The van der Waals surface area contributed by atoms with Crippen LogP contribution in [0.4, 0.5) is 0 Å². The van der Waals surface area contributed by atoms with Crippen molar-refractivity contribution in [2.45, 2.75) is 60.0 Å². The van der Waals surface area contributed by atoms with Crippen LogP contribution in [0.15, 0.2) is 0 Å². The van der Waals surface area contributed by atoms with Gasteiger partial charge in [0, 0.05) is 12.1 Å². The first-order valence-corrected chi connectivity index (χ1v) is 6.78. The third-order valence-corrected chi connectivity index (χ3v) is 3.59. The van der Waals surface area contributed by atoms with Crippen LogP contribution in [0.3, 0.4) is 0 Å². The molecule has 16 heavy (non-hydrogen) atoms. The topological polar surface area (TPSA) is 15.3 Å². The summed E-state index contributed by atoms with van der Waals surface area (Å²) >= 11 is 0. The number of hydrogen-bond acceptors (Lipinski definition) is 2. The average Bonchev–Trinajstić information content (AvgIpc) is 2.21. The number of hydrogen-bond donors (Lipinski definition) is 1. The summed E-state index contributed by atoms with van der Waals surface area (Å²) in [5.41, 5.74) is 0. The lowest BCUT2D eigenvalue weighted by Crippen LogP contribution is -2.41. The fourth-order valence-electron chi connectivity index (χ4n) is 1.78. The Bertz CT molecular complexity index is 166. The Hall–Kier alpha value is -0.0800.